The van der Waals surface area contributed by atoms with Gasteiger partial charge >= 0.3 is 0 Å². The monoisotopic (exact) mass is 272 g/mol. The fourth-order valence-corrected chi connectivity index (χ4v) is 3.69. The molecule has 0 radical (unpaired) electrons. The Hall–Kier alpha value is -1.35. The summed E-state index contributed by atoms with van der Waals surface area (Å²) < 4.78 is 0. The minimum atomic E-state index is 0.146. The highest BCUT2D eigenvalue weighted by molar-refractivity contribution is 5.80. The van der Waals surface area contributed by atoms with Crippen molar-refractivity contribution in [1.29, 1.82) is 0 Å². The zero-order valence-electron chi connectivity index (χ0n) is 12.2. The van der Waals surface area contributed by atoms with Gasteiger partial charge in [0.1, 0.15) is 0 Å². The van der Waals surface area contributed by atoms with Crippen molar-refractivity contribution < 1.29 is 4.79 Å². The van der Waals surface area contributed by atoms with Gasteiger partial charge in [0.15, 0.2) is 0 Å². The lowest BCUT2D eigenvalue weighted by Crippen LogP contribution is -2.44. The summed E-state index contributed by atoms with van der Waals surface area (Å²) in [6.45, 7) is 0. The van der Waals surface area contributed by atoms with Gasteiger partial charge < -0.3 is 10.6 Å². The third-order valence-electron chi connectivity index (χ3n) is 5.04. The van der Waals surface area contributed by atoms with E-state index in [0.29, 0.717) is 18.0 Å². The fraction of sp³-hybridized carbons (Fsp3) is 0.588. The summed E-state index contributed by atoms with van der Waals surface area (Å²) in [5.41, 5.74) is 8.65. The van der Waals surface area contributed by atoms with Crippen LogP contribution < -0.4 is 5.73 Å². The first-order chi connectivity index (χ1) is 9.65. The van der Waals surface area contributed by atoms with Gasteiger partial charge in [0.2, 0.25) is 5.91 Å². The van der Waals surface area contributed by atoms with E-state index >= 15 is 0 Å². The van der Waals surface area contributed by atoms with Crippen LogP contribution in [-0.2, 0) is 17.6 Å². The van der Waals surface area contributed by atoms with Gasteiger partial charge in [-0.1, -0.05) is 24.3 Å². The van der Waals surface area contributed by atoms with E-state index in [1.54, 1.807) is 0 Å². The molecule has 0 spiro atoms. The highest BCUT2D eigenvalue weighted by atomic mass is 16.2. The number of benzene rings is 1. The Bertz CT molecular complexity index is 467. The van der Waals surface area contributed by atoms with E-state index in [-0.39, 0.29) is 5.92 Å². The molecule has 0 aliphatic heterocycles. The highest BCUT2D eigenvalue weighted by Gasteiger charge is 2.32. The average molecular weight is 272 g/mol. The molecule has 1 aromatic rings. The topological polar surface area (TPSA) is 46.3 Å². The normalized spacial score (nSPS) is 26.3. The molecule has 2 N–H and O–H groups in total. The van der Waals surface area contributed by atoms with E-state index in [1.807, 2.05) is 11.9 Å². The van der Waals surface area contributed by atoms with E-state index in [1.165, 1.54) is 11.1 Å². The van der Waals surface area contributed by atoms with Crippen molar-refractivity contribution in [3.8, 4) is 0 Å². The number of nitrogens with zero attached hydrogens (tertiary/aromatic N) is 1. The summed E-state index contributed by atoms with van der Waals surface area (Å²) in [5, 5.41) is 0. The molecule has 0 heterocycles. The SMILES string of the molecule is CN(C(=O)C1Cc2ccccc2C1)C1CCC(N)CC1. The van der Waals surface area contributed by atoms with Crippen LogP contribution in [0.1, 0.15) is 36.8 Å². The molecular formula is C17H24N2O. The number of carbonyl (C=O) groups excluding carboxylic acids is 1. The summed E-state index contributed by atoms with van der Waals surface area (Å²) in [6, 6.07) is 9.18. The lowest BCUT2D eigenvalue weighted by atomic mass is 9.90. The molecule has 20 heavy (non-hydrogen) atoms. The molecule has 2 aliphatic carbocycles. The van der Waals surface area contributed by atoms with Crippen LogP contribution in [0.2, 0.25) is 0 Å². The molecule has 2 aliphatic rings. The highest BCUT2D eigenvalue weighted by Crippen LogP contribution is 2.29. The summed E-state index contributed by atoms with van der Waals surface area (Å²) in [5.74, 6) is 0.467. The molecule has 1 saturated carbocycles. The van der Waals surface area contributed by atoms with E-state index in [0.717, 1.165) is 38.5 Å². The van der Waals surface area contributed by atoms with Gasteiger partial charge in [0.25, 0.3) is 0 Å². The zero-order chi connectivity index (χ0) is 14.1. The number of amides is 1. The number of nitrogens with two attached hydrogens (primary N) is 1. The maximum absolute atomic E-state index is 12.7. The van der Waals surface area contributed by atoms with Crippen molar-refractivity contribution >= 4 is 5.91 Å². The van der Waals surface area contributed by atoms with Crippen LogP contribution in [0.25, 0.3) is 0 Å². The van der Waals surface area contributed by atoms with Crippen molar-refractivity contribution in [2.24, 2.45) is 11.7 Å². The first-order valence-corrected chi connectivity index (χ1v) is 7.74. The Balaban J connectivity index is 1.63. The third-order valence-corrected chi connectivity index (χ3v) is 5.04. The molecule has 0 saturated heterocycles. The molecule has 0 atom stereocenters. The summed E-state index contributed by atoms with van der Waals surface area (Å²) >= 11 is 0. The molecule has 108 valence electrons. The van der Waals surface area contributed by atoms with Gasteiger partial charge in [-0.25, -0.2) is 0 Å². The van der Waals surface area contributed by atoms with E-state index in [9.17, 15) is 4.79 Å². The van der Waals surface area contributed by atoms with Gasteiger partial charge in [-0.05, 0) is 49.7 Å². The number of hydrogen-bond acceptors (Lipinski definition) is 2. The molecule has 1 aromatic carbocycles. The molecule has 3 heteroatoms. The van der Waals surface area contributed by atoms with Gasteiger partial charge in [0, 0.05) is 25.0 Å². The number of fused-ring (bicyclic) bond motifs is 1. The van der Waals surface area contributed by atoms with E-state index in [4.69, 9.17) is 5.73 Å². The lowest BCUT2D eigenvalue weighted by molar-refractivity contribution is -0.136. The minimum Gasteiger partial charge on any atom is -0.343 e. The quantitative estimate of drug-likeness (QED) is 0.896. The number of carbonyl (C=O) groups is 1. The van der Waals surface area contributed by atoms with E-state index < -0.39 is 0 Å². The maximum atomic E-state index is 12.7. The number of rotatable bonds is 2. The van der Waals surface area contributed by atoms with Gasteiger partial charge in [0.05, 0.1) is 0 Å². The van der Waals surface area contributed by atoms with Gasteiger partial charge in [-0.2, -0.15) is 0 Å². The predicted octanol–water partition coefficient (Wildman–Crippen LogP) is 2.13. The first kappa shape index (κ1) is 13.6. The van der Waals surface area contributed by atoms with Crippen molar-refractivity contribution in [3.63, 3.8) is 0 Å². The van der Waals surface area contributed by atoms with Crippen molar-refractivity contribution in [2.75, 3.05) is 7.05 Å². The predicted molar refractivity (Wildman–Crippen MR) is 80.3 cm³/mol. The summed E-state index contributed by atoms with van der Waals surface area (Å²) in [4.78, 5) is 14.7. The van der Waals surface area contributed by atoms with Crippen molar-refractivity contribution in [3.05, 3.63) is 35.4 Å². The lowest BCUT2D eigenvalue weighted by Gasteiger charge is -2.34. The second-order valence-corrected chi connectivity index (χ2v) is 6.39. The fourth-order valence-electron chi connectivity index (χ4n) is 3.69. The van der Waals surface area contributed by atoms with E-state index in [2.05, 4.69) is 24.3 Å². The third kappa shape index (κ3) is 2.59. The second kappa shape index (κ2) is 5.57. The smallest absolute Gasteiger partial charge is 0.226 e. The molecule has 0 aromatic heterocycles. The molecule has 3 nitrogen and oxygen atoms in total. The van der Waals surface area contributed by atoms with Crippen LogP contribution in [0.3, 0.4) is 0 Å². The molecule has 3 rings (SSSR count). The van der Waals surface area contributed by atoms with Crippen LogP contribution in [0, 0.1) is 5.92 Å². The van der Waals surface area contributed by atoms with Crippen LogP contribution in [-0.4, -0.2) is 29.9 Å². The molecular weight excluding hydrogens is 248 g/mol. The minimum absolute atomic E-state index is 0.146. The Morgan fingerprint density at radius 2 is 1.65 bits per heavy atom. The van der Waals surface area contributed by atoms with Crippen molar-refractivity contribution in [2.45, 2.75) is 50.6 Å². The largest absolute Gasteiger partial charge is 0.343 e. The summed E-state index contributed by atoms with van der Waals surface area (Å²) in [6.07, 6.45) is 6.03. The molecule has 1 amide bonds. The second-order valence-electron chi connectivity index (χ2n) is 6.39. The summed E-state index contributed by atoms with van der Waals surface area (Å²) in [7, 11) is 1.98. The average Bonchev–Trinajstić information content (AvgIpc) is 2.90. The Morgan fingerprint density at radius 3 is 2.20 bits per heavy atom. The Kier molecular flexibility index (Phi) is 3.79. The Labute approximate surface area is 121 Å². The first-order valence-electron chi connectivity index (χ1n) is 7.74. The number of hydrogen-bond donors (Lipinski definition) is 1. The van der Waals surface area contributed by atoms with Crippen LogP contribution in [0.5, 0.6) is 0 Å². The molecule has 0 unspecified atom stereocenters. The molecule has 0 bridgehead atoms. The van der Waals surface area contributed by atoms with Crippen LogP contribution >= 0.6 is 0 Å². The van der Waals surface area contributed by atoms with Gasteiger partial charge in [-0.3, -0.25) is 4.79 Å². The standard InChI is InChI=1S/C17H24N2O/c1-19(16-8-6-15(18)7-9-16)17(20)14-10-12-4-2-3-5-13(12)11-14/h2-5,14-16H,6-11,18H2,1H3. The Morgan fingerprint density at radius 1 is 1.10 bits per heavy atom. The molecule has 1 fully saturated rings. The zero-order valence-corrected chi connectivity index (χ0v) is 12.2. The van der Waals surface area contributed by atoms with Gasteiger partial charge in [-0.15, -0.1) is 0 Å². The van der Waals surface area contributed by atoms with Crippen LogP contribution in [0.15, 0.2) is 24.3 Å². The van der Waals surface area contributed by atoms with Crippen molar-refractivity contribution in [1.82, 2.24) is 4.90 Å². The maximum Gasteiger partial charge on any atom is 0.226 e. The van der Waals surface area contributed by atoms with Crippen LogP contribution in [0.4, 0.5) is 0 Å².